The zero-order valence-corrected chi connectivity index (χ0v) is 13.6. The molecule has 0 saturated carbocycles. The summed E-state index contributed by atoms with van der Waals surface area (Å²) in [4.78, 5) is 6.16. The average Bonchev–Trinajstić information content (AvgIpc) is 2.41. The molecule has 0 aliphatic carbocycles. The first-order valence-corrected chi connectivity index (χ1v) is 7.13. The van der Waals surface area contributed by atoms with Crippen molar-refractivity contribution in [2.45, 2.75) is 32.4 Å². The second kappa shape index (κ2) is 8.00. The Bertz CT molecular complexity index is 436. The van der Waals surface area contributed by atoms with E-state index in [1.165, 1.54) is 0 Å². The minimum Gasteiger partial charge on any atom is -0.491 e. The van der Waals surface area contributed by atoms with Crippen LogP contribution in [0.4, 0.5) is 5.69 Å². The summed E-state index contributed by atoms with van der Waals surface area (Å²) in [5, 5.41) is 13.1. The summed E-state index contributed by atoms with van der Waals surface area (Å²) in [6.45, 7) is 6.97. The number of ether oxygens (including phenoxy) is 1. The van der Waals surface area contributed by atoms with Crippen LogP contribution in [-0.4, -0.2) is 55.2 Å². The molecule has 5 heteroatoms. The van der Waals surface area contributed by atoms with Gasteiger partial charge in [-0.25, -0.2) is 4.99 Å². The number of aliphatic hydroxyl groups excluding tert-OH is 1. The molecule has 0 heterocycles. The van der Waals surface area contributed by atoms with Crippen LogP contribution in [-0.2, 0) is 0 Å². The summed E-state index contributed by atoms with van der Waals surface area (Å²) in [6.07, 6.45) is 1.22. The van der Waals surface area contributed by atoms with Crippen molar-refractivity contribution >= 4 is 12.0 Å². The fourth-order valence-corrected chi connectivity index (χ4v) is 1.49. The lowest BCUT2D eigenvalue weighted by molar-refractivity contribution is 0.100. The van der Waals surface area contributed by atoms with Gasteiger partial charge in [0.15, 0.2) is 0 Å². The van der Waals surface area contributed by atoms with Gasteiger partial charge in [0.25, 0.3) is 0 Å². The maximum Gasteiger partial charge on any atom is 0.119 e. The molecule has 0 amide bonds. The number of nitrogens with one attached hydrogen (secondary N) is 1. The highest BCUT2D eigenvalue weighted by molar-refractivity contribution is 5.60. The average molecular weight is 293 g/mol. The summed E-state index contributed by atoms with van der Waals surface area (Å²) in [5.41, 5.74) is 0.860. The summed E-state index contributed by atoms with van der Waals surface area (Å²) < 4.78 is 5.56. The SMILES string of the molecule is CN(C)C=Nc1ccc(OCC(O)CNC(C)(C)C)cc1. The molecule has 1 rings (SSSR count). The van der Waals surface area contributed by atoms with Gasteiger partial charge in [0.1, 0.15) is 18.5 Å². The van der Waals surface area contributed by atoms with E-state index >= 15 is 0 Å². The summed E-state index contributed by atoms with van der Waals surface area (Å²) in [6, 6.07) is 7.47. The molecule has 0 aliphatic rings. The van der Waals surface area contributed by atoms with Gasteiger partial charge in [0.05, 0.1) is 12.0 Å². The molecular formula is C16H27N3O2. The number of aliphatic hydroxyl groups is 1. The number of β-amino-alcohol motifs (C(OH)–C–C–N with tert-alkyl or cyclic N) is 1. The molecule has 1 aromatic rings. The first-order valence-electron chi connectivity index (χ1n) is 7.13. The molecule has 118 valence electrons. The van der Waals surface area contributed by atoms with Crippen LogP contribution in [0.3, 0.4) is 0 Å². The Morgan fingerprint density at radius 2 is 1.90 bits per heavy atom. The highest BCUT2D eigenvalue weighted by Crippen LogP contribution is 2.17. The summed E-state index contributed by atoms with van der Waals surface area (Å²) in [5.74, 6) is 0.730. The Kier molecular flexibility index (Phi) is 6.65. The second-order valence-corrected chi connectivity index (χ2v) is 6.30. The number of hydrogen-bond donors (Lipinski definition) is 2. The van der Waals surface area contributed by atoms with Crippen molar-refractivity contribution in [3.8, 4) is 5.75 Å². The number of benzene rings is 1. The zero-order valence-electron chi connectivity index (χ0n) is 13.6. The topological polar surface area (TPSA) is 57.1 Å². The monoisotopic (exact) mass is 293 g/mol. The molecule has 1 aromatic carbocycles. The van der Waals surface area contributed by atoms with Gasteiger partial charge < -0.3 is 20.1 Å². The van der Waals surface area contributed by atoms with Crippen LogP contribution in [0.15, 0.2) is 29.3 Å². The van der Waals surface area contributed by atoms with Gasteiger partial charge in [-0.2, -0.15) is 0 Å². The first kappa shape index (κ1) is 17.5. The normalized spacial score (nSPS) is 13.4. The maximum atomic E-state index is 9.86. The largest absolute Gasteiger partial charge is 0.491 e. The lowest BCUT2D eigenvalue weighted by Gasteiger charge is -2.22. The fourth-order valence-electron chi connectivity index (χ4n) is 1.49. The molecule has 2 N–H and O–H groups in total. The van der Waals surface area contributed by atoms with E-state index in [2.05, 4.69) is 31.1 Å². The third-order valence-corrected chi connectivity index (χ3v) is 2.58. The Hall–Kier alpha value is -1.59. The minimum absolute atomic E-state index is 0.00687. The van der Waals surface area contributed by atoms with Gasteiger partial charge in [-0.05, 0) is 45.0 Å². The van der Waals surface area contributed by atoms with E-state index in [-0.39, 0.29) is 12.1 Å². The fraction of sp³-hybridized carbons (Fsp3) is 0.562. The van der Waals surface area contributed by atoms with E-state index in [0.717, 1.165) is 11.4 Å². The molecule has 0 aliphatic heterocycles. The van der Waals surface area contributed by atoms with Crippen LogP contribution < -0.4 is 10.1 Å². The van der Waals surface area contributed by atoms with E-state index in [4.69, 9.17) is 4.74 Å². The third kappa shape index (κ3) is 8.32. The quantitative estimate of drug-likeness (QED) is 0.596. The molecule has 0 aromatic heterocycles. The van der Waals surface area contributed by atoms with E-state index in [1.54, 1.807) is 6.34 Å². The lowest BCUT2D eigenvalue weighted by Crippen LogP contribution is -2.42. The first-order chi connectivity index (χ1) is 9.76. The molecule has 0 bridgehead atoms. The second-order valence-electron chi connectivity index (χ2n) is 6.30. The van der Waals surface area contributed by atoms with Crippen LogP contribution in [0.2, 0.25) is 0 Å². The van der Waals surface area contributed by atoms with Crippen LogP contribution in [0, 0.1) is 0 Å². The molecular weight excluding hydrogens is 266 g/mol. The molecule has 0 spiro atoms. The number of nitrogens with zero attached hydrogens (tertiary/aromatic N) is 2. The van der Waals surface area contributed by atoms with E-state index in [1.807, 2.05) is 43.3 Å². The Morgan fingerprint density at radius 3 is 2.43 bits per heavy atom. The predicted octanol–water partition coefficient (Wildman–Crippen LogP) is 2.04. The van der Waals surface area contributed by atoms with Gasteiger partial charge in [0, 0.05) is 26.2 Å². The highest BCUT2D eigenvalue weighted by atomic mass is 16.5. The van der Waals surface area contributed by atoms with Crippen LogP contribution in [0.1, 0.15) is 20.8 Å². The Balaban J connectivity index is 2.39. The van der Waals surface area contributed by atoms with E-state index < -0.39 is 6.10 Å². The van der Waals surface area contributed by atoms with Crippen molar-refractivity contribution in [2.24, 2.45) is 4.99 Å². The van der Waals surface area contributed by atoms with Crippen molar-refractivity contribution in [3.63, 3.8) is 0 Å². The molecule has 1 unspecified atom stereocenters. The standard InChI is InChI=1S/C16H27N3O2/c1-16(2,3)18-10-14(20)11-21-15-8-6-13(7-9-15)17-12-19(4)5/h6-9,12,14,18,20H,10-11H2,1-5H3. The third-order valence-electron chi connectivity index (χ3n) is 2.58. The lowest BCUT2D eigenvalue weighted by atomic mass is 10.1. The van der Waals surface area contributed by atoms with Crippen molar-refractivity contribution in [1.82, 2.24) is 10.2 Å². The van der Waals surface area contributed by atoms with Crippen molar-refractivity contribution in [3.05, 3.63) is 24.3 Å². The molecule has 0 saturated heterocycles. The zero-order chi connectivity index (χ0) is 15.9. The van der Waals surface area contributed by atoms with Crippen molar-refractivity contribution < 1.29 is 9.84 Å². The molecule has 0 fully saturated rings. The van der Waals surface area contributed by atoms with Gasteiger partial charge in [-0.1, -0.05) is 0 Å². The van der Waals surface area contributed by atoms with Crippen molar-refractivity contribution in [1.29, 1.82) is 0 Å². The van der Waals surface area contributed by atoms with Crippen molar-refractivity contribution in [2.75, 3.05) is 27.2 Å². The van der Waals surface area contributed by atoms with Gasteiger partial charge in [-0.15, -0.1) is 0 Å². The number of rotatable bonds is 7. The van der Waals surface area contributed by atoms with Gasteiger partial charge >= 0.3 is 0 Å². The van der Waals surface area contributed by atoms with Crippen LogP contribution >= 0.6 is 0 Å². The summed E-state index contributed by atoms with van der Waals surface area (Å²) in [7, 11) is 3.85. The van der Waals surface area contributed by atoms with E-state index in [9.17, 15) is 5.11 Å². The maximum absolute atomic E-state index is 9.86. The molecule has 5 nitrogen and oxygen atoms in total. The number of hydrogen-bond acceptors (Lipinski definition) is 4. The predicted molar refractivity (Wildman–Crippen MR) is 87.5 cm³/mol. The Labute approximate surface area is 127 Å². The molecule has 21 heavy (non-hydrogen) atoms. The summed E-state index contributed by atoms with van der Waals surface area (Å²) >= 11 is 0. The Morgan fingerprint density at radius 1 is 1.29 bits per heavy atom. The minimum atomic E-state index is -0.532. The van der Waals surface area contributed by atoms with Crippen LogP contribution in [0.5, 0.6) is 5.75 Å². The smallest absolute Gasteiger partial charge is 0.119 e. The highest BCUT2D eigenvalue weighted by Gasteiger charge is 2.12. The number of aliphatic imine (C=N–C) groups is 1. The van der Waals surface area contributed by atoms with E-state index in [0.29, 0.717) is 6.54 Å². The molecule has 1 atom stereocenters. The van der Waals surface area contributed by atoms with Gasteiger partial charge in [-0.3, -0.25) is 0 Å². The van der Waals surface area contributed by atoms with Gasteiger partial charge in [0.2, 0.25) is 0 Å². The molecule has 0 radical (unpaired) electrons. The van der Waals surface area contributed by atoms with Crippen LogP contribution in [0.25, 0.3) is 0 Å².